The van der Waals surface area contributed by atoms with Crippen LogP contribution in [0.1, 0.15) is 34.8 Å². The minimum Gasteiger partial charge on any atom is -0.372 e. The van der Waals surface area contributed by atoms with E-state index in [0.29, 0.717) is 11.6 Å². The summed E-state index contributed by atoms with van der Waals surface area (Å²) >= 11 is 0. The number of rotatable bonds is 5. The zero-order valence-electron chi connectivity index (χ0n) is 18.2. The first kappa shape index (κ1) is 20.5. The minimum absolute atomic E-state index is 0.298. The maximum absolute atomic E-state index is 10.9. The summed E-state index contributed by atoms with van der Waals surface area (Å²) in [7, 11) is 6.09. The molecule has 0 spiro atoms. The molecule has 3 aromatic carbocycles. The Kier molecular flexibility index (Phi) is 5.59. The quantitative estimate of drug-likeness (QED) is 0.525. The fourth-order valence-electron chi connectivity index (χ4n) is 4.82. The van der Waals surface area contributed by atoms with E-state index in [4.69, 9.17) is 4.74 Å². The van der Waals surface area contributed by atoms with Crippen molar-refractivity contribution >= 4 is 6.29 Å². The second-order valence-corrected chi connectivity index (χ2v) is 8.52. The molecule has 0 bridgehead atoms. The average molecular weight is 400 g/mol. The molecule has 0 aromatic heterocycles. The lowest BCUT2D eigenvalue weighted by atomic mass is 9.75. The summed E-state index contributed by atoms with van der Waals surface area (Å²) in [5.74, 6) is 0. The molecule has 30 heavy (non-hydrogen) atoms. The predicted octanol–water partition coefficient (Wildman–Crippen LogP) is 5.57. The molecule has 3 heteroatoms. The Morgan fingerprint density at radius 3 is 1.97 bits per heavy atom. The summed E-state index contributed by atoms with van der Waals surface area (Å²) in [6, 6.07) is 23.5. The lowest BCUT2D eigenvalue weighted by Crippen LogP contribution is -2.50. The first-order chi connectivity index (χ1) is 14.5. The number of carbonyl (C=O) groups excluding carboxylic acids is 1. The highest BCUT2D eigenvalue weighted by Gasteiger charge is 2.41. The van der Waals surface area contributed by atoms with Gasteiger partial charge in [-0.15, -0.1) is 0 Å². The number of nitrogens with zero attached hydrogens (tertiary/aromatic N) is 1. The van der Waals surface area contributed by atoms with Crippen LogP contribution < -0.4 is 0 Å². The molecule has 3 nitrogen and oxygen atoms in total. The van der Waals surface area contributed by atoms with Gasteiger partial charge in [-0.05, 0) is 67.2 Å². The average Bonchev–Trinajstić information content (AvgIpc) is 2.79. The molecule has 0 aliphatic heterocycles. The fraction of sp³-hybridized carbons (Fsp3) is 0.296. The maximum atomic E-state index is 10.9. The van der Waals surface area contributed by atoms with Crippen LogP contribution in [0.2, 0.25) is 0 Å². The number of hydrogen-bond acceptors (Lipinski definition) is 3. The normalized spacial score (nSPS) is 20.8. The molecule has 0 saturated carbocycles. The summed E-state index contributed by atoms with van der Waals surface area (Å²) in [5, 5.41) is 0. The molecule has 0 saturated heterocycles. The maximum Gasteiger partial charge on any atom is 0.150 e. The van der Waals surface area contributed by atoms with E-state index in [1.54, 1.807) is 0 Å². The number of aldehydes is 1. The van der Waals surface area contributed by atoms with Crippen molar-refractivity contribution in [3.8, 4) is 22.3 Å². The van der Waals surface area contributed by atoms with E-state index in [1.165, 1.54) is 22.3 Å². The standard InChI is InChI=1S/C27H29NO2/c1-27(30-4)25-15-13-23(17-24(25)14-16-26(27)28(2)3)22-11-9-21(10-12-22)20-7-5-19(18-29)6-8-20/h5-13,15,17-18,26H,14,16H2,1-4H3. The Hall–Kier alpha value is -2.75. The predicted molar refractivity (Wildman–Crippen MR) is 123 cm³/mol. The Morgan fingerprint density at radius 2 is 1.43 bits per heavy atom. The van der Waals surface area contributed by atoms with Crippen molar-refractivity contribution in [1.82, 2.24) is 4.90 Å². The number of benzene rings is 3. The molecule has 2 atom stereocenters. The Balaban J connectivity index is 1.63. The second kappa shape index (κ2) is 8.17. The van der Waals surface area contributed by atoms with Gasteiger partial charge in [0.25, 0.3) is 0 Å². The van der Waals surface area contributed by atoms with E-state index in [-0.39, 0.29) is 5.60 Å². The third-order valence-corrected chi connectivity index (χ3v) is 6.61. The van der Waals surface area contributed by atoms with Gasteiger partial charge in [0, 0.05) is 18.7 Å². The van der Waals surface area contributed by atoms with Crippen LogP contribution in [0.4, 0.5) is 0 Å². The molecule has 0 N–H and O–H groups in total. The van der Waals surface area contributed by atoms with E-state index in [2.05, 4.69) is 68.4 Å². The molecule has 1 aliphatic rings. The van der Waals surface area contributed by atoms with Crippen LogP contribution in [0.25, 0.3) is 22.3 Å². The van der Waals surface area contributed by atoms with Gasteiger partial charge in [-0.25, -0.2) is 0 Å². The van der Waals surface area contributed by atoms with Crippen LogP contribution in [0, 0.1) is 0 Å². The zero-order chi connectivity index (χ0) is 21.3. The molecule has 4 rings (SSSR count). The number of ether oxygens (including phenoxy) is 1. The molecule has 0 fully saturated rings. The number of carbonyl (C=O) groups is 1. The SMILES string of the molecule is COC1(C)c2ccc(-c3ccc(-c4ccc(C=O)cc4)cc3)cc2CCC1N(C)C. The van der Waals surface area contributed by atoms with Gasteiger partial charge in [0.05, 0.1) is 0 Å². The van der Waals surface area contributed by atoms with Gasteiger partial charge >= 0.3 is 0 Å². The first-order valence-electron chi connectivity index (χ1n) is 10.5. The van der Waals surface area contributed by atoms with Gasteiger partial charge in [0.2, 0.25) is 0 Å². The Morgan fingerprint density at radius 1 is 0.900 bits per heavy atom. The van der Waals surface area contributed by atoms with Gasteiger partial charge in [-0.2, -0.15) is 0 Å². The molecule has 1 aliphatic carbocycles. The molecular weight excluding hydrogens is 370 g/mol. The van der Waals surface area contributed by atoms with Gasteiger partial charge in [0.15, 0.2) is 0 Å². The van der Waals surface area contributed by atoms with E-state index in [9.17, 15) is 4.79 Å². The van der Waals surface area contributed by atoms with Gasteiger partial charge in [0.1, 0.15) is 11.9 Å². The summed E-state index contributed by atoms with van der Waals surface area (Å²) in [6.07, 6.45) is 3.02. The third-order valence-electron chi connectivity index (χ3n) is 6.61. The van der Waals surface area contributed by atoms with Gasteiger partial charge in [-0.3, -0.25) is 4.79 Å². The first-order valence-corrected chi connectivity index (χ1v) is 10.5. The van der Waals surface area contributed by atoms with E-state index in [1.807, 2.05) is 31.4 Å². The lowest BCUT2D eigenvalue weighted by molar-refractivity contribution is -0.0686. The highest BCUT2D eigenvalue weighted by molar-refractivity contribution is 5.77. The number of fused-ring (bicyclic) bond motifs is 1. The smallest absolute Gasteiger partial charge is 0.150 e. The van der Waals surface area contributed by atoms with Crippen LogP contribution in [-0.2, 0) is 16.8 Å². The highest BCUT2D eigenvalue weighted by Crippen LogP contribution is 2.41. The van der Waals surface area contributed by atoms with Gasteiger partial charge < -0.3 is 9.64 Å². The van der Waals surface area contributed by atoms with Crippen LogP contribution in [0.5, 0.6) is 0 Å². The van der Waals surface area contributed by atoms with Crippen molar-refractivity contribution in [1.29, 1.82) is 0 Å². The van der Waals surface area contributed by atoms with Crippen molar-refractivity contribution in [2.24, 2.45) is 0 Å². The van der Waals surface area contributed by atoms with Gasteiger partial charge in [-0.1, -0.05) is 66.7 Å². The molecular formula is C27H29NO2. The third kappa shape index (κ3) is 3.60. The highest BCUT2D eigenvalue weighted by atomic mass is 16.5. The lowest BCUT2D eigenvalue weighted by Gasteiger charge is -2.45. The second-order valence-electron chi connectivity index (χ2n) is 8.52. The Labute approximate surface area is 179 Å². The van der Waals surface area contributed by atoms with Crippen LogP contribution >= 0.6 is 0 Å². The number of hydrogen-bond donors (Lipinski definition) is 0. The molecule has 0 heterocycles. The molecule has 0 amide bonds. The van der Waals surface area contributed by atoms with Crippen molar-refractivity contribution in [3.05, 3.63) is 83.4 Å². The van der Waals surface area contributed by atoms with Crippen molar-refractivity contribution in [3.63, 3.8) is 0 Å². The summed E-state index contributed by atoms with van der Waals surface area (Å²) in [5.41, 5.74) is 7.78. The van der Waals surface area contributed by atoms with E-state index >= 15 is 0 Å². The topological polar surface area (TPSA) is 29.5 Å². The minimum atomic E-state index is -0.298. The number of likely N-dealkylation sites (N-methyl/N-ethyl adjacent to an activating group) is 1. The van der Waals surface area contributed by atoms with E-state index in [0.717, 1.165) is 30.3 Å². The fourth-order valence-corrected chi connectivity index (χ4v) is 4.82. The number of aryl methyl sites for hydroxylation is 1. The summed E-state index contributed by atoms with van der Waals surface area (Å²) in [6.45, 7) is 2.21. The van der Waals surface area contributed by atoms with Crippen molar-refractivity contribution in [2.45, 2.75) is 31.4 Å². The molecule has 154 valence electrons. The largest absolute Gasteiger partial charge is 0.372 e. The van der Waals surface area contributed by atoms with Crippen LogP contribution in [0.15, 0.2) is 66.7 Å². The molecule has 3 aromatic rings. The zero-order valence-corrected chi connectivity index (χ0v) is 18.2. The summed E-state index contributed by atoms with van der Waals surface area (Å²) < 4.78 is 6.04. The van der Waals surface area contributed by atoms with Crippen molar-refractivity contribution < 1.29 is 9.53 Å². The van der Waals surface area contributed by atoms with Crippen LogP contribution in [0.3, 0.4) is 0 Å². The van der Waals surface area contributed by atoms with E-state index < -0.39 is 0 Å². The monoisotopic (exact) mass is 399 g/mol. The molecule has 2 unspecified atom stereocenters. The van der Waals surface area contributed by atoms with Crippen molar-refractivity contribution in [2.75, 3.05) is 21.2 Å². The Bertz CT molecular complexity index is 1040. The summed E-state index contributed by atoms with van der Waals surface area (Å²) in [4.78, 5) is 13.1. The molecule has 0 radical (unpaired) electrons. The van der Waals surface area contributed by atoms with Crippen LogP contribution in [-0.4, -0.2) is 38.4 Å². The number of methoxy groups -OCH3 is 1.